The second-order valence-electron chi connectivity index (χ2n) is 5.01. The molecule has 0 fully saturated rings. The molecule has 98 valence electrons. The molecule has 0 aliphatic carbocycles. The number of amides is 1. The first kappa shape index (κ1) is 12.2. The number of nitrogens with two attached hydrogens (primary N) is 1. The predicted octanol–water partition coefficient (Wildman–Crippen LogP) is 3.15. The molecule has 0 atom stereocenters. The highest BCUT2D eigenvalue weighted by atomic mass is 32.1. The van der Waals surface area contributed by atoms with Gasteiger partial charge >= 0.3 is 0 Å². The van der Waals surface area contributed by atoms with E-state index >= 15 is 0 Å². The lowest BCUT2D eigenvalue weighted by Gasteiger charge is -2.18. The molecule has 4 heteroatoms. The second-order valence-corrected chi connectivity index (χ2v) is 5.76. The SMILES string of the molecule is Cc1cc2c(cc1N)N(C(=O)c1cscc1C)CC2. The largest absolute Gasteiger partial charge is 0.398 e. The number of anilines is 2. The number of aryl methyl sites for hydroxylation is 2. The topological polar surface area (TPSA) is 46.3 Å². The third-order valence-electron chi connectivity index (χ3n) is 3.69. The summed E-state index contributed by atoms with van der Waals surface area (Å²) in [5, 5.41) is 3.93. The normalized spacial score (nSPS) is 13.7. The van der Waals surface area contributed by atoms with Crippen molar-refractivity contribution in [2.24, 2.45) is 0 Å². The van der Waals surface area contributed by atoms with Gasteiger partial charge in [-0.1, -0.05) is 6.07 Å². The van der Waals surface area contributed by atoms with Gasteiger partial charge in [0.2, 0.25) is 0 Å². The maximum absolute atomic E-state index is 12.6. The zero-order valence-corrected chi connectivity index (χ0v) is 11.9. The predicted molar refractivity (Wildman–Crippen MR) is 80.0 cm³/mol. The Morgan fingerprint density at radius 2 is 2.05 bits per heavy atom. The van der Waals surface area contributed by atoms with Crippen LogP contribution in [-0.4, -0.2) is 12.5 Å². The fourth-order valence-corrected chi connectivity index (χ4v) is 3.33. The van der Waals surface area contributed by atoms with Gasteiger partial charge in [-0.15, -0.1) is 0 Å². The van der Waals surface area contributed by atoms with Gasteiger partial charge < -0.3 is 10.6 Å². The van der Waals surface area contributed by atoms with Gasteiger partial charge in [-0.3, -0.25) is 4.79 Å². The number of hydrogen-bond acceptors (Lipinski definition) is 3. The molecule has 1 aromatic heterocycles. The van der Waals surface area contributed by atoms with E-state index in [1.165, 1.54) is 5.56 Å². The quantitative estimate of drug-likeness (QED) is 0.811. The van der Waals surface area contributed by atoms with Crippen LogP contribution in [0.4, 0.5) is 11.4 Å². The molecular weight excluding hydrogens is 256 g/mol. The van der Waals surface area contributed by atoms with Gasteiger partial charge in [0.1, 0.15) is 0 Å². The summed E-state index contributed by atoms with van der Waals surface area (Å²) in [7, 11) is 0. The standard InChI is InChI=1S/C15H16N2OS/c1-9-5-11-3-4-17(14(11)6-13(9)16)15(18)12-8-19-7-10(12)2/h5-8H,3-4,16H2,1-2H3. The van der Waals surface area contributed by atoms with Crippen molar-refractivity contribution in [3.63, 3.8) is 0 Å². The van der Waals surface area contributed by atoms with Crippen molar-refractivity contribution < 1.29 is 4.79 Å². The van der Waals surface area contributed by atoms with Gasteiger partial charge in [-0.25, -0.2) is 0 Å². The average molecular weight is 272 g/mol. The highest BCUT2D eigenvalue weighted by molar-refractivity contribution is 7.08. The number of thiophene rings is 1. The second kappa shape index (κ2) is 4.38. The maximum atomic E-state index is 12.6. The van der Waals surface area contributed by atoms with E-state index in [0.29, 0.717) is 0 Å². The lowest BCUT2D eigenvalue weighted by molar-refractivity contribution is 0.0989. The highest BCUT2D eigenvalue weighted by Crippen LogP contribution is 2.33. The molecule has 0 saturated carbocycles. The summed E-state index contributed by atoms with van der Waals surface area (Å²) in [4.78, 5) is 14.4. The molecule has 2 N–H and O–H groups in total. The summed E-state index contributed by atoms with van der Waals surface area (Å²) < 4.78 is 0. The van der Waals surface area contributed by atoms with Crippen LogP contribution < -0.4 is 10.6 Å². The lowest BCUT2D eigenvalue weighted by atomic mass is 10.1. The Balaban J connectivity index is 2.01. The molecule has 1 amide bonds. The highest BCUT2D eigenvalue weighted by Gasteiger charge is 2.27. The number of fused-ring (bicyclic) bond motifs is 1. The molecule has 2 heterocycles. The molecule has 19 heavy (non-hydrogen) atoms. The van der Waals surface area contributed by atoms with Crippen molar-refractivity contribution in [2.45, 2.75) is 20.3 Å². The summed E-state index contributed by atoms with van der Waals surface area (Å²) in [6.07, 6.45) is 0.908. The van der Waals surface area contributed by atoms with Crippen LogP contribution in [0.25, 0.3) is 0 Å². The number of carbonyl (C=O) groups excluding carboxylic acids is 1. The Kier molecular flexibility index (Phi) is 2.82. The zero-order valence-electron chi connectivity index (χ0n) is 11.1. The first-order valence-electron chi connectivity index (χ1n) is 6.31. The van der Waals surface area contributed by atoms with E-state index in [0.717, 1.165) is 41.0 Å². The Bertz CT molecular complexity index is 660. The Morgan fingerprint density at radius 3 is 2.74 bits per heavy atom. The van der Waals surface area contributed by atoms with Crippen LogP contribution in [0.1, 0.15) is 27.0 Å². The summed E-state index contributed by atoms with van der Waals surface area (Å²) in [6.45, 7) is 4.72. The van der Waals surface area contributed by atoms with Gasteiger partial charge in [0, 0.05) is 23.3 Å². The first-order chi connectivity index (χ1) is 9.08. The molecule has 0 saturated heterocycles. The van der Waals surface area contributed by atoms with Crippen LogP contribution in [-0.2, 0) is 6.42 Å². The number of rotatable bonds is 1. The minimum absolute atomic E-state index is 0.0840. The molecule has 3 nitrogen and oxygen atoms in total. The molecule has 3 rings (SSSR count). The molecule has 0 radical (unpaired) electrons. The Morgan fingerprint density at radius 1 is 1.26 bits per heavy atom. The van der Waals surface area contributed by atoms with Gasteiger partial charge in [-0.05, 0) is 48.4 Å². The van der Waals surface area contributed by atoms with E-state index in [4.69, 9.17) is 5.73 Å². The van der Waals surface area contributed by atoms with Crippen LogP contribution in [0.2, 0.25) is 0 Å². The van der Waals surface area contributed by atoms with E-state index in [9.17, 15) is 4.79 Å². The molecule has 0 unspecified atom stereocenters. The molecular formula is C15H16N2OS. The van der Waals surface area contributed by atoms with Gasteiger partial charge in [0.25, 0.3) is 5.91 Å². The molecule has 0 spiro atoms. The summed E-state index contributed by atoms with van der Waals surface area (Å²) in [6, 6.07) is 4.02. The summed E-state index contributed by atoms with van der Waals surface area (Å²) >= 11 is 1.57. The van der Waals surface area contributed by atoms with E-state index < -0.39 is 0 Å². The lowest BCUT2D eigenvalue weighted by Crippen LogP contribution is -2.29. The number of nitrogen functional groups attached to an aromatic ring is 1. The van der Waals surface area contributed by atoms with Crippen molar-refractivity contribution in [2.75, 3.05) is 17.2 Å². The van der Waals surface area contributed by atoms with Gasteiger partial charge in [0.15, 0.2) is 0 Å². The number of carbonyl (C=O) groups is 1. The fourth-order valence-electron chi connectivity index (χ4n) is 2.51. The first-order valence-corrected chi connectivity index (χ1v) is 7.26. The number of benzene rings is 1. The van der Waals surface area contributed by atoms with Crippen LogP contribution in [0, 0.1) is 13.8 Å². The minimum atomic E-state index is 0.0840. The minimum Gasteiger partial charge on any atom is -0.398 e. The molecule has 1 aliphatic rings. The molecule has 0 bridgehead atoms. The van der Waals surface area contributed by atoms with Crippen molar-refractivity contribution >= 4 is 28.6 Å². The monoisotopic (exact) mass is 272 g/mol. The van der Waals surface area contributed by atoms with Crippen LogP contribution in [0.5, 0.6) is 0 Å². The third kappa shape index (κ3) is 1.92. The maximum Gasteiger partial charge on any atom is 0.259 e. The van der Waals surface area contributed by atoms with Crippen LogP contribution in [0.3, 0.4) is 0 Å². The van der Waals surface area contributed by atoms with E-state index in [2.05, 4.69) is 6.07 Å². The fraction of sp³-hybridized carbons (Fsp3) is 0.267. The third-order valence-corrected chi connectivity index (χ3v) is 4.56. The summed E-state index contributed by atoms with van der Waals surface area (Å²) in [5.41, 5.74) is 11.8. The Hall–Kier alpha value is -1.81. The van der Waals surface area contributed by atoms with Crippen molar-refractivity contribution in [1.82, 2.24) is 0 Å². The smallest absolute Gasteiger partial charge is 0.259 e. The number of hydrogen-bond donors (Lipinski definition) is 1. The van der Waals surface area contributed by atoms with E-state index in [-0.39, 0.29) is 5.91 Å². The van der Waals surface area contributed by atoms with Crippen LogP contribution >= 0.6 is 11.3 Å². The molecule has 1 aromatic carbocycles. The number of nitrogens with zero attached hydrogens (tertiary/aromatic N) is 1. The van der Waals surface area contributed by atoms with E-state index in [1.807, 2.05) is 35.6 Å². The molecule has 1 aliphatic heterocycles. The van der Waals surface area contributed by atoms with E-state index in [1.54, 1.807) is 11.3 Å². The van der Waals surface area contributed by atoms with Crippen LogP contribution in [0.15, 0.2) is 22.9 Å². The Labute approximate surface area is 116 Å². The zero-order chi connectivity index (χ0) is 13.6. The van der Waals surface area contributed by atoms with Crippen molar-refractivity contribution in [3.05, 3.63) is 45.1 Å². The summed E-state index contributed by atoms with van der Waals surface area (Å²) in [5.74, 6) is 0.0840. The van der Waals surface area contributed by atoms with Gasteiger partial charge in [-0.2, -0.15) is 11.3 Å². The van der Waals surface area contributed by atoms with Crippen molar-refractivity contribution in [1.29, 1.82) is 0 Å². The van der Waals surface area contributed by atoms with Crippen molar-refractivity contribution in [3.8, 4) is 0 Å². The van der Waals surface area contributed by atoms with Gasteiger partial charge in [0.05, 0.1) is 5.56 Å². The molecule has 2 aromatic rings. The average Bonchev–Trinajstić information content (AvgIpc) is 2.96.